The minimum Gasteiger partial charge on any atom is -0.388 e. The Labute approximate surface area is 123 Å². The first-order valence-corrected chi connectivity index (χ1v) is 6.71. The Kier molecular flexibility index (Phi) is 4.55. The summed E-state index contributed by atoms with van der Waals surface area (Å²) in [6.45, 7) is 0. The van der Waals surface area contributed by atoms with E-state index >= 15 is 0 Å². The van der Waals surface area contributed by atoms with Crippen molar-refractivity contribution in [2.75, 3.05) is 0 Å². The van der Waals surface area contributed by atoms with E-state index in [1.807, 2.05) is 0 Å². The Hall–Kier alpha value is -0.970. The van der Waals surface area contributed by atoms with Crippen LogP contribution in [0.3, 0.4) is 0 Å². The van der Waals surface area contributed by atoms with Gasteiger partial charge in [-0.15, -0.1) is 0 Å². The quantitative estimate of drug-likeness (QED) is 0.856. The van der Waals surface area contributed by atoms with Crippen LogP contribution in [0.15, 0.2) is 40.9 Å². The Balaban J connectivity index is 2.25. The second-order valence-electron chi connectivity index (χ2n) is 4.16. The largest absolute Gasteiger partial charge is 0.388 e. The number of rotatable bonds is 3. The van der Waals surface area contributed by atoms with Gasteiger partial charge >= 0.3 is 0 Å². The van der Waals surface area contributed by atoms with Crippen molar-refractivity contribution in [3.8, 4) is 0 Å². The van der Waals surface area contributed by atoms with Crippen molar-refractivity contribution in [1.82, 2.24) is 0 Å². The molecule has 0 aliphatic rings. The number of halogens is 4. The summed E-state index contributed by atoms with van der Waals surface area (Å²) in [6, 6.07) is 8.26. The molecular weight excluding hydrogens is 338 g/mol. The van der Waals surface area contributed by atoms with E-state index in [1.54, 1.807) is 18.2 Å². The summed E-state index contributed by atoms with van der Waals surface area (Å²) in [7, 11) is 0. The van der Waals surface area contributed by atoms with Gasteiger partial charge < -0.3 is 5.11 Å². The third-order valence-corrected chi connectivity index (χ3v) is 3.51. The van der Waals surface area contributed by atoms with Gasteiger partial charge in [0, 0.05) is 27.5 Å². The first-order chi connectivity index (χ1) is 8.95. The van der Waals surface area contributed by atoms with E-state index in [2.05, 4.69) is 15.9 Å². The molecule has 0 aliphatic heterocycles. The molecule has 0 bridgehead atoms. The maximum Gasteiger partial charge on any atom is 0.126 e. The third kappa shape index (κ3) is 3.75. The zero-order chi connectivity index (χ0) is 14.0. The van der Waals surface area contributed by atoms with Crippen molar-refractivity contribution in [3.05, 3.63) is 68.7 Å². The molecule has 2 rings (SSSR count). The molecule has 0 aromatic heterocycles. The van der Waals surface area contributed by atoms with E-state index in [4.69, 9.17) is 11.6 Å². The van der Waals surface area contributed by atoms with Gasteiger partial charge in [-0.2, -0.15) is 0 Å². The van der Waals surface area contributed by atoms with Gasteiger partial charge in [-0.1, -0.05) is 27.5 Å². The highest BCUT2D eigenvalue weighted by atomic mass is 79.9. The van der Waals surface area contributed by atoms with Crippen molar-refractivity contribution < 1.29 is 13.9 Å². The maximum atomic E-state index is 13.1. The summed E-state index contributed by atoms with van der Waals surface area (Å²) in [4.78, 5) is 0. The molecule has 19 heavy (non-hydrogen) atoms. The summed E-state index contributed by atoms with van der Waals surface area (Å²) < 4.78 is 26.9. The Morgan fingerprint density at radius 3 is 2.37 bits per heavy atom. The Morgan fingerprint density at radius 2 is 1.74 bits per heavy atom. The highest BCUT2D eigenvalue weighted by Crippen LogP contribution is 2.28. The smallest absolute Gasteiger partial charge is 0.126 e. The van der Waals surface area contributed by atoms with Crippen LogP contribution in [0.1, 0.15) is 17.2 Å². The van der Waals surface area contributed by atoms with E-state index < -0.39 is 17.7 Å². The van der Waals surface area contributed by atoms with Crippen LogP contribution in [0.5, 0.6) is 0 Å². The van der Waals surface area contributed by atoms with Crippen molar-refractivity contribution in [1.29, 1.82) is 0 Å². The Bertz CT molecular complexity index is 584. The van der Waals surface area contributed by atoms with Gasteiger partial charge in [0.25, 0.3) is 0 Å². The second kappa shape index (κ2) is 5.99. The molecule has 0 saturated carbocycles. The molecule has 2 aromatic carbocycles. The maximum absolute atomic E-state index is 13.1. The average molecular weight is 348 g/mol. The third-order valence-electron chi connectivity index (χ3n) is 2.67. The topological polar surface area (TPSA) is 20.2 Å². The Morgan fingerprint density at radius 1 is 1.11 bits per heavy atom. The molecule has 1 nitrogen and oxygen atoms in total. The van der Waals surface area contributed by atoms with Crippen LogP contribution >= 0.6 is 27.5 Å². The van der Waals surface area contributed by atoms with Crippen LogP contribution in [0.4, 0.5) is 8.78 Å². The monoisotopic (exact) mass is 346 g/mol. The second-order valence-corrected chi connectivity index (χ2v) is 5.49. The van der Waals surface area contributed by atoms with Gasteiger partial charge in [-0.3, -0.25) is 0 Å². The highest BCUT2D eigenvalue weighted by molar-refractivity contribution is 9.10. The number of aliphatic hydroxyl groups excluding tert-OH is 1. The van der Waals surface area contributed by atoms with E-state index in [1.165, 1.54) is 12.1 Å². The van der Waals surface area contributed by atoms with E-state index in [-0.39, 0.29) is 6.42 Å². The molecule has 0 fully saturated rings. The molecule has 0 spiro atoms. The zero-order valence-corrected chi connectivity index (χ0v) is 12.0. The van der Waals surface area contributed by atoms with Gasteiger partial charge in [0.1, 0.15) is 11.6 Å². The van der Waals surface area contributed by atoms with Gasteiger partial charge in [0.05, 0.1) is 6.10 Å². The van der Waals surface area contributed by atoms with E-state index in [0.29, 0.717) is 16.1 Å². The van der Waals surface area contributed by atoms with Crippen molar-refractivity contribution in [2.24, 2.45) is 0 Å². The summed E-state index contributed by atoms with van der Waals surface area (Å²) >= 11 is 9.27. The molecule has 1 unspecified atom stereocenters. The van der Waals surface area contributed by atoms with E-state index in [9.17, 15) is 13.9 Å². The van der Waals surface area contributed by atoms with Crippen LogP contribution in [-0.4, -0.2) is 5.11 Å². The summed E-state index contributed by atoms with van der Waals surface area (Å²) in [5.41, 5.74) is 0.891. The number of hydrogen-bond acceptors (Lipinski definition) is 1. The minimum atomic E-state index is -0.925. The van der Waals surface area contributed by atoms with Crippen LogP contribution in [0.2, 0.25) is 5.02 Å². The van der Waals surface area contributed by atoms with Crippen molar-refractivity contribution in [3.63, 3.8) is 0 Å². The fourth-order valence-electron chi connectivity index (χ4n) is 1.83. The first-order valence-electron chi connectivity index (χ1n) is 5.53. The SMILES string of the molecule is OC(Cc1cc(F)cc(F)c1)c1cc(Br)ccc1Cl. The molecular formula is C14H10BrClF2O. The molecule has 1 N–H and O–H groups in total. The van der Waals surface area contributed by atoms with Crippen LogP contribution in [0.25, 0.3) is 0 Å². The fraction of sp³-hybridized carbons (Fsp3) is 0.143. The average Bonchev–Trinajstić information content (AvgIpc) is 2.30. The number of hydrogen-bond donors (Lipinski definition) is 1. The minimum absolute atomic E-state index is 0.0881. The highest BCUT2D eigenvalue weighted by Gasteiger charge is 2.14. The fourth-order valence-corrected chi connectivity index (χ4v) is 2.45. The molecule has 1 atom stereocenters. The standard InChI is InChI=1S/C14H10BrClF2O/c15-9-1-2-13(16)12(6-9)14(19)5-8-3-10(17)7-11(18)4-8/h1-4,6-7,14,19H,5H2. The molecule has 0 amide bonds. The van der Waals surface area contributed by atoms with Gasteiger partial charge in [0.15, 0.2) is 0 Å². The normalized spacial score (nSPS) is 12.5. The number of benzene rings is 2. The predicted octanol–water partition coefficient (Wildman–Crippen LogP) is 4.66. The lowest BCUT2D eigenvalue weighted by atomic mass is 10.0. The van der Waals surface area contributed by atoms with Gasteiger partial charge in [-0.25, -0.2) is 8.78 Å². The zero-order valence-electron chi connectivity index (χ0n) is 9.71. The molecule has 100 valence electrons. The van der Waals surface area contributed by atoms with Crippen molar-refractivity contribution >= 4 is 27.5 Å². The summed E-state index contributed by atoms with van der Waals surface area (Å²) in [5, 5.41) is 10.5. The van der Waals surface area contributed by atoms with Crippen LogP contribution < -0.4 is 0 Å². The lowest BCUT2D eigenvalue weighted by molar-refractivity contribution is 0.178. The van der Waals surface area contributed by atoms with Gasteiger partial charge in [0.2, 0.25) is 0 Å². The molecule has 2 aromatic rings. The molecule has 0 radical (unpaired) electrons. The van der Waals surface area contributed by atoms with Crippen molar-refractivity contribution in [2.45, 2.75) is 12.5 Å². The van der Waals surface area contributed by atoms with E-state index in [0.717, 1.165) is 10.5 Å². The van der Waals surface area contributed by atoms with Crippen LogP contribution in [-0.2, 0) is 6.42 Å². The lowest BCUT2D eigenvalue weighted by Gasteiger charge is -2.13. The molecule has 0 heterocycles. The molecule has 5 heteroatoms. The lowest BCUT2D eigenvalue weighted by Crippen LogP contribution is -2.03. The number of aliphatic hydroxyl groups is 1. The van der Waals surface area contributed by atoms with Crippen LogP contribution in [0, 0.1) is 11.6 Å². The molecule has 0 saturated heterocycles. The first kappa shape index (κ1) is 14.4. The summed E-state index contributed by atoms with van der Waals surface area (Å²) in [6.07, 6.45) is -0.837. The predicted molar refractivity (Wildman–Crippen MR) is 74.2 cm³/mol. The summed E-state index contributed by atoms with van der Waals surface area (Å²) in [5.74, 6) is -1.33. The van der Waals surface area contributed by atoms with Gasteiger partial charge in [-0.05, 0) is 35.9 Å². The molecule has 0 aliphatic carbocycles.